The Morgan fingerprint density at radius 1 is 0.925 bits per heavy atom. The van der Waals surface area contributed by atoms with Gasteiger partial charge in [0.2, 0.25) is 5.95 Å². The molecule has 2 heterocycles. The Morgan fingerprint density at radius 2 is 1.58 bits per heavy atom. The van der Waals surface area contributed by atoms with Crippen molar-refractivity contribution in [2.45, 2.75) is 64.6 Å². The summed E-state index contributed by atoms with van der Waals surface area (Å²) in [5.41, 5.74) is 1.20. The number of fused-ring (bicyclic) bond motifs is 1. The minimum absolute atomic E-state index is 0.0255. The molecule has 53 heavy (non-hydrogen) atoms. The summed E-state index contributed by atoms with van der Waals surface area (Å²) in [5.74, 6) is -0.921. The van der Waals surface area contributed by atoms with Crippen LogP contribution in [0.3, 0.4) is 0 Å². The fourth-order valence-electron chi connectivity index (χ4n) is 6.71. The standard InChI is InChI=1S/C39H47FN6O6Si/c1-8-15-27(20-21-52-53(39(2,3)4,28-16-11-9-12-17-28)29-18-13-10-14-19-29)42-35-34-32(43-37(44-35)45-38(48)51-7)24-41-46(34)25-26-22-30(36(47)50-6)31(40)23-33(26)49-5/h9-14,16-19,22-24,27H,8,15,20-21,25H2,1-7H3,(H2,42,43,44,45,48)/t27-/m0/s1. The summed E-state index contributed by atoms with van der Waals surface area (Å²) in [7, 11) is 1.09. The van der Waals surface area contributed by atoms with Crippen LogP contribution in [0.2, 0.25) is 5.04 Å². The number of methoxy groups -OCH3 is 3. The van der Waals surface area contributed by atoms with Gasteiger partial charge in [-0.2, -0.15) is 10.1 Å². The second-order valence-electron chi connectivity index (χ2n) is 13.6. The Bertz CT molecular complexity index is 1980. The normalized spacial score (nSPS) is 12.3. The van der Waals surface area contributed by atoms with Crippen LogP contribution < -0.4 is 25.7 Å². The zero-order chi connectivity index (χ0) is 38.2. The zero-order valence-corrected chi connectivity index (χ0v) is 32.2. The largest absolute Gasteiger partial charge is 0.496 e. The van der Waals surface area contributed by atoms with Gasteiger partial charge in [0, 0.05) is 24.3 Å². The van der Waals surface area contributed by atoms with E-state index >= 15 is 0 Å². The van der Waals surface area contributed by atoms with E-state index in [0.717, 1.165) is 18.9 Å². The van der Waals surface area contributed by atoms with Crippen molar-refractivity contribution in [3.05, 3.63) is 95.9 Å². The van der Waals surface area contributed by atoms with Gasteiger partial charge in [-0.05, 0) is 34.3 Å². The summed E-state index contributed by atoms with van der Waals surface area (Å²) in [4.78, 5) is 33.8. The van der Waals surface area contributed by atoms with E-state index in [9.17, 15) is 14.0 Å². The number of benzene rings is 3. The van der Waals surface area contributed by atoms with Crippen LogP contribution >= 0.6 is 0 Å². The van der Waals surface area contributed by atoms with Gasteiger partial charge in [0.1, 0.15) is 22.6 Å². The molecule has 5 aromatic rings. The van der Waals surface area contributed by atoms with E-state index in [4.69, 9.17) is 23.6 Å². The first-order valence-corrected chi connectivity index (χ1v) is 19.4. The summed E-state index contributed by atoms with van der Waals surface area (Å²) in [6.07, 6.45) is 3.13. The number of nitrogens with one attached hydrogen (secondary N) is 2. The highest BCUT2D eigenvalue weighted by atomic mass is 28.4. The molecule has 0 aliphatic carbocycles. The summed E-state index contributed by atoms with van der Waals surface area (Å²) < 4.78 is 38.7. The third-order valence-corrected chi connectivity index (χ3v) is 14.2. The summed E-state index contributed by atoms with van der Waals surface area (Å²) in [6.45, 7) is 9.41. The van der Waals surface area contributed by atoms with Crippen molar-refractivity contribution in [2.24, 2.45) is 0 Å². The predicted octanol–water partition coefficient (Wildman–Crippen LogP) is 6.53. The van der Waals surface area contributed by atoms with Crippen molar-refractivity contribution in [1.29, 1.82) is 0 Å². The van der Waals surface area contributed by atoms with Gasteiger partial charge in [-0.25, -0.2) is 19.0 Å². The molecule has 1 amide bonds. The summed E-state index contributed by atoms with van der Waals surface area (Å²) in [6, 6.07) is 23.4. The molecule has 0 aliphatic rings. The molecule has 0 bridgehead atoms. The Balaban J connectivity index is 1.52. The Labute approximate surface area is 310 Å². The number of hydrogen-bond donors (Lipinski definition) is 2. The number of aromatic nitrogens is 4. The number of amides is 1. The molecule has 2 N–H and O–H groups in total. The third kappa shape index (κ3) is 8.49. The van der Waals surface area contributed by atoms with Crippen LogP contribution in [0.5, 0.6) is 5.75 Å². The number of carbonyl (C=O) groups is 2. The first kappa shape index (κ1) is 38.9. The maximum atomic E-state index is 14.8. The molecule has 0 aliphatic heterocycles. The van der Waals surface area contributed by atoms with Crippen molar-refractivity contribution in [3.8, 4) is 5.75 Å². The molecular weight excluding hydrogens is 696 g/mol. The monoisotopic (exact) mass is 742 g/mol. The van der Waals surface area contributed by atoms with Crippen LogP contribution in [-0.2, 0) is 20.4 Å². The molecule has 280 valence electrons. The maximum absolute atomic E-state index is 14.8. The predicted molar refractivity (Wildman–Crippen MR) is 205 cm³/mol. The molecule has 0 fully saturated rings. The minimum Gasteiger partial charge on any atom is -0.496 e. The molecule has 0 spiro atoms. The molecule has 0 saturated heterocycles. The van der Waals surface area contributed by atoms with Crippen molar-refractivity contribution in [2.75, 3.05) is 38.6 Å². The first-order chi connectivity index (χ1) is 25.4. The van der Waals surface area contributed by atoms with Crippen LogP contribution in [0, 0.1) is 5.82 Å². The average Bonchev–Trinajstić information content (AvgIpc) is 3.56. The molecule has 5 rings (SSSR count). The van der Waals surface area contributed by atoms with Crippen molar-refractivity contribution < 1.29 is 32.6 Å². The van der Waals surface area contributed by atoms with Gasteiger partial charge in [-0.1, -0.05) is 94.8 Å². The number of ether oxygens (including phenoxy) is 3. The van der Waals surface area contributed by atoms with E-state index in [2.05, 4.69) is 96.9 Å². The smallest absolute Gasteiger partial charge is 0.413 e. The van der Waals surface area contributed by atoms with Crippen molar-refractivity contribution in [1.82, 2.24) is 19.7 Å². The fourth-order valence-corrected chi connectivity index (χ4v) is 11.3. The van der Waals surface area contributed by atoms with Crippen LogP contribution in [0.15, 0.2) is 79.0 Å². The van der Waals surface area contributed by atoms with Crippen LogP contribution in [0.25, 0.3) is 11.0 Å². The van der Waals surface area contributed by atoms with E-state index < -0.39 is 26.2 Å². The van der Waals surface area contributed by atoms with Crippen LogP contribution in [0.4, 0.5) is 21.0 Å². The fraction of sp³-hybridized carbons (Fsp3) is 0.359. The van der Waals surface area contributed by atoms with E-state index in [1.165, 1.54) is 37.8 Å². The topological polar surface area (TPSA) is 139 Å². The van der Waals surface area contributed by atoms with E-state index in [-0.39, 0.29) is 34.9 Å². The van der Waals surface area contributed by atoms with Gasteiger partial charge in [0.25, 0.3) is 8.32 Å². The molecular formula is C39H47FN6O6Si. The first-order valence-electron chi connectivity index (χ1n) is 17.5. The van der Waals surface area contributed by atoms with Gasteiger partial charge in [-0.3, -0.25) is 10.00 Å². The van der Waals surface area contributed by atoms with E-state index in [0.29, 0.717) is 35.4 Å². The van der Waals surface area contributed by atoms with Crippen molar-refractivity contribution in [3.63, 3.8) is 0 Å². The average molecular weight is 743 g/mol. The van der Waals surface area contributed by atoms with Crippen LogP contribution in [-0.4, -0.2) is 74.1 Å². The molecule has 0 radical (unpaired) electrons. The summed E-state index contributed by atoms with van der Waals surface area (Å²) >= 11 is 0. The quantitative estimate of drug-likeness (QED) is 0.0899. The number of nitrogens with zero attached hydrogens (tertiary/aromatic N) is 4. The minimum atomic E-state index is -2.78. The second kappa shape index (κ2) is 17.0. The highest BCUT2D eigenvalue weighted by Crippen LogP contribution is 2.37. The molecule has 0 saturated carbocycles. The lowest BCUT2D eigenvalue weighted by Crippen LogP contribution is -2.66. The lowest BCUT2D eigenvalue weighted by Gasteiger charge is -2.43. The summed E-state index contributed by atoms with van der Waals surface area (Å²) in [5, 5.41) is 13.0. The molecule has 12 nitrogen and oxygen atoms in total. The Hall–Kier alpha value is -5.34. The number of hydrogen-bond acceptors (Lipinski definition) is 10. The van der Waals surface area contributed by atoms with E-state index in [1.807, 2.05) is 12.1 Å². The molecule has 0 unspecified atom stereocenters. The number of rotatable bonds is 15. The van der Waals surface area contributed by atoms with Gasteiger partial charge in [-0.15, -0.1) is 0 Å². The number of carbonyl (C=O) groups excluding carboxylic acids is 2. The third-order valence-electron chi connectivity index (χ3n) is 9.16. The van der Waals surface area contributed by atoms with Crippen LogP contribution in [0.1, 0.15) is 62.9 Å². The molecule has 1 atom stereocenters. The van der Waals surface area contributed by atoms with E-state index in [1.54, 1.807) is 10.9 Å². The lowest BCUT2D eigenvalue weighted by molar-refractivity contribution is 0.0595. The lowest BCUT2D eigenvalue weighted by atomic mass is 10.1. The van der Waals surface area contributed by atoms with Gasteiger partial charge < -0.3 is 24.0 Å². The Morgan fingerprint density at radius 3 is 2.15 bits per heavy atom. The highest BCUT2D eigenvalue weighted by molar-refractivity contribution is 6.99. The van der Waals surface area contributed by atoms with Gasteiger partial charge in [0.15, 0.2) is 5.82 Å². The highest BCUT2D eigenvalue weighted by Gasteiger charge is 2.50. The van der Waals surface area contributed by atoms with Gasteiger partial charge in [0.05, 0.1) is 39.6 Å². The number of halogens is 1. The molecule has 3 aromatic carbocycles. The Kier molecular flexibility index (Phi) is 12.5. The zero-order valence-electron chi connectivity index (χ0n) is 31.2. The second-order valence-corrected chi connectivity index (χ2v) is 17.9. The maximum Gasteiger partial charge on any atom is 0.413 e. The SMILES string of the molecule is CCC[C@@H](CCO[Si](c1ccccc1)(c1ccccc1)C(C)(C)C)Nc1nc(NC(=O)OC)nc2cnn(Cc3cc(C(=O)OC)c(F)cc3OC)c12. The number of anilines is 2. The molecule has 14 heteroatoms. The van der Waals surface area contributed by atoms with Gasteiger partial charge >= 0.3 is 12.1 Å². The van der Waals surface area contributed by atoms with Crippen molar-refractivity contribution >= 4 is 53.6 Å². The molecule has 2 aromatic heterocycles. The number of esters is 1.